The molecule has 2 heterocycles. The van der Waals surface area contributed by atoms with Gasteiger partial charge in [-0.2, -0.15) is 0 Å². The Morgan fingerprint density at radius 3 is 2.48 bits per heavy atom. The number of hydrogen-bond donors (Lipinski definition) is 5. The van der Waals surface area contributed by atoms with Crippen molar-refractivity contribution in [1.29, 1.82) is 0 Å². The number of nitrogens with zero attached hydrogens (tertiary/aromatic N) is 3. The topological polar surface area (TPSA) is 133 Å². The largest absolute Gasteiger partial charge is 0.395 e. The monoisotopic (exact) mass is 647 g/mol. The molecule has 10 nitrogen and oxygen atoms in total. The van der Waals surface area contributed by atoms with E-state index in [1.54, 1.807) is 24.5 Å². The molecule has 0 radical (unpaired) electrons. The number of aliphatic hydroxyl groups excluding tert-OH is 1. The first-order valence-electron chi connectivity index (χ1n) is 16.5. The molecule has 0 aliphatic carbocycles. The smallest absolute Gasteiger partial charge is 0.251 e. The van der Waals surface area contributed by atoms with Crippen LogP contribution in [0, 0.1) is 6.92 Å². The quantitative estimate of drug-likeness (QED) is 0.0935. The summed E-state index contributed by atoms with van der Waals surface area (Å²) in [6.07, 6.45) is 6.52. The Morgan fingerprint density at radius 1 is 0.854 bits per heavy atom. The maximum atomic E-state index is 13.7. The minimum atomic E-state index is -0.711. The van der Waals surface area contributed by atoms with Gasteiger partial charge in [0.05, 0.1) is 24.9 Å². The van der Waals surface area contributed by atoms with Crippen LogP contribution in [0.25, 0.3) is 10.8 Å². The third-order valence-corrected chi connectivity index (χ3v) is 8.50. The number of nitrogens with one attached hydrogen (secondary N) is 4. The second-order valence-corrected chi connectivity index (χ2v) is 12.0. The lowest BCUT2D eigenvalue weighted by molar-refractivity contribution is -0.123. The molecule has 5 aromatic rings. The normalized spacial score (nSPS) is 12.5. The van der Waals surface area contributed by atoms with Crippen molar-refractivity contribution in [2.75, 3.05) is 13.2 Å². The summed E-state index contributed by atoms with van der Waals surface area (Å²) in [5.41, 5.74) is 4.65. The number of hydrogen-bond acceptors (Lipinski definition) is 7. The highest BCUT2D eigenvalue weighted by atomic mass is 16.3. The van der Waals surface area contributed by atoms with Crippen molar-refractivity contribution < 1.29 is 14.7 Å². The Kier molecular flexibility index (Phi) is 12.4. The zero-order valence-corrected chi connectivity index (χ0v) is 27.7. The lowest BCUT2D eigenvalue weighted by atomic mass is 9.99. The first kappa shape index (κ1) is 34.4. The van der Waals surface area contributed by atoms with Gasteiger partial charge >= 0.3 is 0 Å². The van der Waals surface area contributed by atoms with Crippen molar-refractivity contribution in [1.82, 2.24) is 35.8 Å². The van der Waals surface area contributed by atoms with Crippen LogP contribution in [0.15, 0.2) is 97.5 Å². The van der Waals surface area contributed by atoms with Crippen molar-refractivity contribution in [3.05, 3.63) is 131 Å². The maximum absolute atomic E-state index is 13.7. The maximum Gasteiger partial charge on any atom is 0.251 e. The van der Waals surface area contributed by atoms with E-state index in [0.717, 1.165) is 39.0 Å². The molecule has 0 fully saturated rings. The van der Waals surface area contributed by atoms with Gasteiger partial charge in [-0.1, -0.05) is 60.7 Å². The number of amides is 2. The van der Waals surface area contributed by atoms with Crippen molar-refractivity contribution in [2.24, 2.45) is 0 Å². The number of fused-ring (bicyclic) bond motifs is 1. The third-order valence-electron chi connectivity index (χ3n) is 8.50. The van der Waals surface area contributed by atoms with Gasteiger partial charge in [-0.05, 0) is 78.9 Å². The average molecular weight is 648 g/mol. The lowest BCUT2D eigenvalue weighted by Gasteiger charge is -2.23. The van der Waals surface area contributed by atoms with E-state index >= 15 is 0 Å². The van der Waals surface area contributed by atoms with E-state index in [-0.39, 0.29) is 24.5 Å². The molecule has 0 spiro atoms. The molecule has 5 rings (SSSR count). The van der Waals surface area contributed by atoms with E-state index in [9.17, 15) is 14.7 Å². The first-order chi connectivity index (χ1) is 23.4. The number of rotatable bonds is 17. The first-order valence-corrected chi connectivity index (χ1v) is 16.5. The van der Waals surface area contributed by atoms with Crippen LogP contribution in [0.4, 0.5) is 0 Å². The van der Waals surface area contributed by atoms with Crippen LogP contribution in [0.1, 0.15) is 64.4 Å². The molecule has 0 saturated heterocycles. The summed E-state index contributed by atoms with van der Waals surface area (Å²) in [6.45, 7) is 7.04. The highest BCUT2D eigenvalue weighted by molar-refractivity contribution is 5.97. The van der Waals surface area contributed by atoms with E-state index < -0.39 is 6.04 Å². The number of carbonyl (C=O) groups is 2. The number of carbonyl (C=O) groups excluding carboxylic acids is 2. The molecular formula is C38H45N7O3. The van der Waals surface area contributed by atoms with Crippen LogP contribution in [-0.2, 0) is 31.0 Å². The lowest BCUT2D eigenvalue weighted by Crippen LogP contribution is -2.47. The molecular weight excluding hydrogens is 602 g/mol. The molecule has 3 aromatic carbocycles. The average Bonchev–Trinajstić information content (AvgIpc) is 3.55. The van der Waals surface area contributed by atoms with Gasteiger partial charge in [0.25, 0.3) is 5.91 Å². The number of pyridine rings is 1. The van der Waals surface area contributed by atoms with Crippen LogP contribution in [0.5, 0.6) is 0 Å². The summed E-state index contributed by atoms with van der Waals surface area (Å²) in [5.74, 6) is 0.335. The predicted octanol–water partition coefficient (Wildman–Crippen LogP) is 4.57. The molecule has 0 unspecified atom stereocenters. The fourth-order valence-electron chi connectivity index (χ4n) is 5.78. The molecule has 48 heavy (non-hydrogen) atoms. The molecule has 2 aromatic heterocycles. The molecule has 0 bridgehead atoms. The van der Waals surface area contributed by atoms with Gasteiger partial charge < -0.3 is 30.9 Å². The molecule has 2 amide bonds. The number of aryl methyl sites for hydroxylation is 1. The van der Waals surface area contributed by atoms with Crippen molar-refractivity contribution in [2.45, 2.75) is 65.0 Å². The highest BCUT2D eigenvalue weighted by Crippen LogP contribution is 2.24. The number of aliphatic hydroxyl groups is 1. The van der Waals surface area contributed by atoms with Gasteiger partial charge in [0.2, 0.25) is 5.91 Å². The number of aromatic nitrogens is 3. The SMILES string of the molecule is Cc1cccnc1CNCCC[C@H](NC(=O)c1ccc(CNCc2nccn2CCO)cc1)C(=O)N[C@@H](C)c1cccc2ccccc12. The van der Waals surface area contributed by atoms with E-state index in [1.807, 2.05) is 73.1 Å². The summed E-state index contributed by atoms with van der Waals surface area (Å²) in [5, 5.41) is 24.4. The minimum Gasteiger partial charge on any atom is -0.395 e. The van der Waals surface area contributed by atoms with Crippen LogP contribution < -0.4 is 21.3 Å². The van der Waals surface area contributed by atoms with Gasteiger partial charge in [0, 0.05) is 43.8 Å². The van der Waals surface area contributed by atoms with Gasteiger partial charge in [-0.15, -0.1) is 0 Å². The Bertz CT molecular complexity index is 1780. The summed E-state index contributed by atoms with van der Waals surface area (Å²) in [6, 6.07) is 24.6. The van der Waals surface area contributed by atoms with Gasteiger partial charge in [0.15, 0.2) is 0 Å². The summed E-state index contributed by atoms with van der Waals surface area (Å²) >= 11 is 0. The zero-order chi connectivity index (χ0) is 33.7. The molecule has 0 aliphatic heterocycles. The molecule has 10 heteroatoms. The Balaban J connectivity index is 1.20. The predicted molar refractivity (Wildman–Crippen MR) is 188 cm³/mol. The van der Waals surface area contributed by atoms with Gasteiger partial charge in [-0.25, -0.2) is 4.98 Å². The van der Waals surface area contributed by atoms with Crippen molar-refractivity contribution in [3.63, 3.8) is 0 Å². The number of benzene rings is 3. The Labute approximate surface area is 282 Å². The van der Waals surface area contributed by atoms with E-state index in [1.165, 1.54) is 0 Å². The number of imidazole rings is 1. The van der Waals surface area contributed by atoms with Gasteiger partial charge in [0.1, 0.15) is 11.9 Å². The zero-order valence-electron chi connectivity index (χ0n) is 27.7. The summed E-state index contributed by atoms with van der Waals surface area (Å²) in [4.78, 5) is 35.9. The molecule has 0 aliphatic rings. The standard InChI is InChI=1S/C38H45N7O3/c1-27-8-6-19-41-35(27)25-39-18-7-13-34(38(48)43-28(2)32-12-5-10-30-9-3-4-11-33(30)32)44-37(47)31-16-14-29(15-17-31)24-40-26-36-42-20-21-45(36)22-23-46/h3-6,8-12,14-17,19-21,28,34,39-40,46H,7,13,18,22-26H2,1-2H3,(H,43,48)(H,44,47)/t28-,34-/m0/s1. The van der Waals surface area contributed by atoms with E-state index in [0.29, 0.717) is 51.1 Å². The molecule has 2 atom stereocenters. The Hall–Kier alpha value is -4.90. The van der Waals surface area contributed by atoms with Crippen molar-refractivity contribution in [3.8, 4) is 0 Å². The second kappa shape index (κ2) is 17.3. The third kappa shape index (κ3) is 9.34. The molecule has 5 N–H and O–H groups in total. The van der Waals surface area contributed by atoms with E-state index in [2.05, 4.69) is 49.4 Å². The van der Waals surface area contributed by atoms with Gasteiger partial charge in [-0.3, -0.25) is 14.6 Å². The summed E-state index contributed by atoms with van der Waals surface area (Å²) < 4.78 is 1.91. The van der Waals surface area contributed by atoms with Crippen molar-refractivity contribution >= 4 is 22.6 Å². The van der Waals surface area contributed by atoms with Crippen LogP contribution in [-0.4, -0.2) is 50.6 Å². The Morgan fingerprint density at radius 2 is 1.67 bits per heavy atom. The molecule has 250 valence electrons. The fourth-order valence-corrected chi connectivity index (χ4v) is 5.78. The van der Waals surface area contributed by atoms with Crippen LogP contribution in [0.2, 0.25) is 0 Å². The minimum absolute atomic E-state index is 0.0568. The second-order valence-electron chi connectivity index (χ2n) is 12.0. The highest BCUT2D eigenvalue weighted by Gasteiger charge is 2.23. The van der Waals surface area contributed by atoms with Crippen LogP contribution in [0.3, 0.4) is 0 Å². The van der Waals surface area contributed by atoms with E-state index in [4.69, 9.17) is 0 Å². The molecule has 0 saturated carbocycles. The summed E-state index contributed by atoms with van der Waals surface area (Å²) in [7, 11) is 0. The fraction of sp³-hybridized carbons (Fsp3) is 0.316. The van der Waals surface area contributed by atoms with Crippen LogP contribution >= 0.6 is 0 Å².